The van der Waals surface area contributed by atoms with Gasteiger partial charge < -0.3 is 9.84 Å². The average molecular weight is 270 g/mol. The monoisotopic (exact) mass is 270 g/mol. The molecular weight excluding hydrogens is 252 g/mol. The second-order valence-corrected chi connectivity index (χ2v) is 4.72. The first-order chi connectivity index (χ1) is 9.63. The van der Waals surface area contributed by atoms with Gasteiger partial charge in [-0.25, -0.2) is 4.79 Å². The van der Waals surface area contributed by atoms with Gasteiger partial charge in [-0.15, -0.1) is 0 Å². The molecule has 2 aromatic carbocycles. The normalized spacial score (nSPS) is 10.5. The third-order valence-corrected chi connectivity index (χ3v) is 3.42. The van der Waals surface area contributed by atoms with Crippen LogP contribution >= 0.6 is 0 Å². The highest BCUT2D eigenvalue weighted by molar-refractivity contribution is 5.92. The van der Waals surface area contributed by atoms with Gasteiger partial charge in [-0.05, 0) is 41.7 Å². The highest BCUT2D eigenvalue weighted by Gasteiger charge is 2.11. The van der Waals surface area contributed by atoms with Gasteiger partial charge in [0.25, 0.3) is 0 Å². The van der Waals surface area contributed by atoms with E-state index in [0.717, 1.165) is 23.1 Å². The number of ether oxygens (including phenoxy) is 1. The van der Waals surface area contributed by atoms with Crippen molar-refractivity contribution < 1.29 is 14.6 Å². The molecule has 0 radical (unpaired) electrons. The van der Waals surface area contributed by atoms with Crippen LogP contribution in [-0.4, -0.2) is 24.8 Å². The summed E-state index contributed by atoms with van der Waals surface area (Å²) in [6, 6.07) is 13.5. The Morgan fingerprint density at radius 2 is 1.85 bits per heavy atom. The van der Waals surface area contributed by atoms with E-state index in [1.165, 1.54) is 5.56 Å². The fourth-order valence-corrected chi connectivity index (χ4v) is 2.25. The number of methoxy groups -OCH3 is 1. The van der Waals surface area contributed by atoms with Crippen molar-refractivity contribution in [2.24, 2.45) is 0 Å². The Hall–Kier alpha value is -2.13. The van der Waals surface area contributed by atoms with Gasteiger partial charge in [-0.2, -0.15) is 0 Å². The van der Waals surface area contributed by atoms with Crippen LogP contribution in [0.4, 0.5) is 0 Å². The number of hydrogen-bond donors (Lipinski definition) is 1. The first-order valence-corrected chi connectivity index (χ1v) is 6.54. The number of carboxylic acids is 1. The van der Waals surface area contributed by atoms with Gasteiger partial charge in [-0.3, -0.25) is 0 Å². The molecule has 0 bridgehead atoms. The Morgan fingerprint density at radius 1 is 1.15 bits per heavy atom. The van der Waals surface area contributed by atoms with E-state index >= 15 is 0 Å². The molecule has 0 saturated heterocycles. The molecule has 0 spiro atoms. The molecule has 3 nitrogen and oxygen atoms in total. The minimum Gasteiger partial charge on any atom is -0.478 e. The highest BCUT2D eigenvalue weighted by atomic mass is 16.5. The molecule has 0 fully saturated rings. The molecule has 20 heavy (non-hydrogen) atoms. The molecule has 3 heteroatoms. The quantitative estimate of drug-likeness (QED) is 0.903. The van der Waals surface area contributed by atoms with Crippen molar-refractivity contribution in [3.63, 3.8) is 0 Å². The summed E-state index contributed by atoms with van der Waals surface area (Å²) in [5.41, 5.74) is 4.35. The molecule has 0 heterocycles. The Labute approximate surface area is 118 Å². The SMILES string of the molecule is COCCc1ccc(-c2cccc(C(=O)O)c2C)cc1. The molecule has 0 amide bonds. The van der Waals surface area contributed by atoms with Crippen molar-refractivity contribution in [2.45, 2.75) is 13.3 Å². The molecule has 2 rings (SSSR count). The number of benzene rings is 2. The maximum absolute atomic E-state index is 11.2. The lowest BCUT2D eigenvalue weighted by molar-refractivity contribution is 0.0696. The molecule has 1 N–H and O–H groups in total. The van der Waals surface area contributed by atoms with E-state index in [0.29, 0.717) is 12.2 Å². The minimum atomic E-state index is -0.888. The van der Waals surface area contributed by atoms with Crippen LogP contribution in [0.3, 0.4) is 0 Å². The summed E-state index contributed by atoms with van der Waals surface area (Å²) in [5.74, 6) is -0.888. The fourth-order valence-electron chi connectivity index (χ4n) is 2.25. The van der Waals surface area contributed by atoms with Crippen molar-refractivity contribution in [1.29, 1.82) is 0 Å². The first-order valence-electron chi connectivity index (χ1n) is 6.54. The number of aromatic carboxylic acids is 1. The van der Waals surface area contributed by atoms with Crippen molar-refractivity contribution in [3.8, 4) is 11.1 Å². The summed E-state index contributed by atoms with van der Waals surface area (Å²) in [7, 11) is 1.69. The Morgan fingerprint density at radius 3 is 2.45 bits per heavy atom. The van der Waals surface area contributed by atoms with Crippen LogP contribution in [0.25, 0.3) is 11.1 Å². The largest absolute Gasteiger partial charge is 0.478 e. The van der Waals surface area contributed by atoms with Gasteiger partial charge in [0, 0.05) is 7.11 Å². The number of hydrogen-bond acceptors (Lipinski definition) is 2. The Kier molecular flexibility index (Phi) is 4.53. The number of rotatable bonds is 5. The zero-order valence-corrected chi connectivity index (χ0v) is 11.7. The topological polar surface area (TPSA) is 46.5 Å². The maximum Gasteiger partial charge on any atom is 0.335 e. The summed E-state index contributed by atoms with van der Waals surface area (Å²) in [6.45, 7) is 2.55. The number of carbonyl (C=O) groups is 1. The van der Waals surface area contributed by atoms with Gasteiger partial charge in [0.2, 0.25) is 0 Å². The van der Waals surface area contributed by atoms with Crippen molar-refractivity contribution in [3.05, 3.63) is 59.2 Å². The summed E-state index contributed by atoms with van der Waals surface area (Å²) in [4.78, 5) is 11.2. The molecule has 0 aromatic heterocycles. The third-order valence-electron chi connectivity index (χ3n) is 3.42. The second kappa shape index (κ2) is 6.35. The van der Waals surface area contributed by atoms with Crippen LogP contribution in [0.5, 0.6) is 0 Å². The third kappa shape index (κ3) is 3.06. The highest BCUT2D eigenvalue weighted by Crippen LogP contribution is 2.26. The van der Waals surface area contributed by atoms with Crippen LogP contribution in [0.2, 0.25) is 0 Å². The van der Waals surface area contributed by atoms with Crippen LogP contribution in [0.15, 0.2) is 42.5 Å². The summed E-state index contributed by atoms with van der Waals surface area (Å²) in [5, 5.41) is 9.16. The molecule has 0 unspecified atom stereocenters. The zero-order valence-electron chi connectivity index (χ0n) is 11.7. The molecule has 0 aliphatic rings. The average Bonchev–Trinajstić information content (AvgIpc) is 2.46. The molecule has 0 saturated carbocycles. The predicted octanol–water partition coefficient (Wildman–Crippen LogP) is 3.55. The first kappa shape index (κ1) is 14.3. The zero-order chi connectivity index (χ0) is 14.5. The molecule has 0 aliphatic heterocycles. The molecule has 104 valence electrons. The minimum absolute atomic E-state index is 0.353. The Bertz CT molecular complexity index is 600. The van der Waals surface area contributed by atoms with E-state index in [-0.39, 0.29) is 0 Å². The van der Waals surface area contributed by atoms with E-state index in [9.17, 15) is 4.79 Å². The smallest absolute Gasteiger partial charge is 0.335 e. The second-order valence-electron chi connectivity index (χ2n) is 4.72. The van der Waals surface area contributed by atoms with E-state index < -0.39 is 5.97 Å². The molecule has 0 atom stereocenters. The lowest BCUT2D eigenvalue weighted by Crippen LogP contribution is -2.00. The van der Waals surface area contributed by atoms with Crippen molar-refractivity contribution in [2.75, 3.05) is 13.7 Å². The van der Waals surface area contributed by atoms with Gasteiger partial charge in [0.1, 0.15) is 0 Å². The Balaban J connectivity index is 2.32. The van der Waals surface area contributed by atoms with Gasteiger partial charge in [-0.1, -0.05) is 36.4 Å². The maximum atomic E-state index is 11.2. The summed E-state index contributed by atoms with van der Waals surface area (Å²) < 4.78 is 5.06. The van der Waals surface area contributed by atoms with E-state index in [2.05, 4.69) is 12.1 Å². The molecular formula is C17H18O3. The van der Waals surface area contributed by atoms with Crippen molar-refractivity contribution >= 4 is 5.97 Å². The van der Waals surface area contributed by atoms with E-state index in [1.54, 1.807) is 19.2 Å². The standard InChI is InChI=1S/C17H18O3/c1-12-15(4-3-5-16(12)17(18)19)14-8-6-13(7-9-14)10-11-20-2/h3-9H,10-11H2,1-2H3,(H,18,19). The van der Waals surface area contributed by atoms with Crippen LogP contribution in [-0.2, 0) is 11.2 Å². The van der Waals surface area contributed by atoms with Gasteiger partial charge in [0.15, 0.2) is 0 Å². The van der Waals surface area contributed by atoms with Gasteiger partial charge >= 0.3 is 5.97 Å². The van der Waals surface area contributed by atoms with Crippen LogP contribution in [0, 0.1) is 6.92 Å². The lowest BCUT2D eigenvalue weighted by atomic mass is 9.95. The summed E-state index contributed by atoms with van der Waals surface area (Å²) >= 11 is 0. The van der Waals surface area contributed by atoms with Crippen LogP contribution in [0.1, 0.15) is 21.5 Å². The van der Waals surface area contributed by atoms with Gasteiger partial charge in [0.05, 0.1) is 12.2 Å². The van der Waals surface area contributed by atoms with Crippen LogP contribution < -0.4 is 0 Å². The fraction of sp³-hybridized carbons (Fsp3) is 0.235. The summed E-state index contributed by atoms with van der Waals surface area (Å²) in [6.07, 6.45) is 0.880. The predicted molar refractivity (Wildman–Crippen MR) is 79.2 cm³/mol. The molecule has 0 aliphatic carbocycles. The van der Waals surface area contributed by atoms with Crippen molar-refractivity contribution in [1.82, 2.24) is 0 Å². The molecule has 2 aromatic rings. The number of carboxylic acid groups (broad SMARTS) is 1. The van der Waals surface area contributed by atoms with E-state index in [1.807, 2.05) is 25.1 Å². The van der Waals surface area contributed by atoms with E-state index in [4.69, 9.17) is 9.84 Å². The lowest BCUT2D eigenvalue weighted by Gasteiger charge is -2.09.